The average molecular weight is 393 g/mol. The number of rotatable bonds is 4. The summed E-state index contributed by atoms with van der Waals surface area (Å²) in [5, 5.41) is 0. The summed E-state index contributed by atoms with van der Waals surface area (Å²) in [6.45, 7) is 1.08. The molecule has 0 N–H and O–H groups in total. The van der Waals surface area contributed by atoms with E-state index in [9.17, 15) is 14.0 Å². The normalized spacial score (nSPS) is 13.1. The van der Waals surface area contributed by atoms with Gasteiger partial charge in [0, 0.05) is 13.0 Å². The molecule has 0 fully saturated rings. The molecule has 0 saturated carbocycles. The summed E-state index contributed by atoms with van der Waals surface area (Å²) >= 11 is 0. The van der Waals surface area contributed by atoms with Gasteiger partial charge in [-0.15, -0.1) is 0 Å². The van der Waals surface area contributed by atoms with Crippen molar-refractivity contribution in [2.24, 2.45) is 0 Å². The number of carbonyl (C=O) groups excluding carboxylic acids is 1. The van der Waals surface area contributed by atoms with Crippen LogP contribution in [0.15, 0.2) is 65.7 Å². The number of hydrogen-bond donors (Lipinski definition) is 0. The predicted molar refractivity (Wildman–Crippen MR) is 105 cm³/mol. The Kier molecular flexibility index (Phi) is 5.37. The first-order chi connectivity index (χ1) is 14.1. The fourth-order valence-electron chi connectivity index (χ4n) is 3.32. The van der Waals surface area contributed by atoms with Crippen molar-refractivity contribution in [2.45, 2.75) is 26.1 Å². The molecule has 1 aliphatic rings. The molecule has 0 unspecified atom stereocenters. The van der Waals surface area contributed by atoms with Gasteiger partial charge >= 0.3 is 6.09 Å². The number of halogens is 1. The molecule has 148 valence electrons. The van der Waals surface area contributed by atoms with Crippen LogP contribution in [0.1, 0.15) is 22.4 Å². The molecule has 0 radical (unpaired) electrons. The molecule has 6 nitrogen and oxygen atoms in total. The van der Waals surface area contributed by atoms with Gasteiger partial charge in [-0.05, 0) is 23.3 Å². The molecule has 0 spiro atoms. The molecule has 0 aliphatic carbocycles. The van der Waals surface area contributed by atoms with Crippen LogP contribution < -0.4 is 5.56 Å². The van der Waals surface area contributed by atoms with E-state index < -0.39 is 6.09 Å². The highest BCUT2D eigenvalue weighted by Crippen LogP contribution is 2.15. The van der Waals surface area contributed by atoms with Crippen LogP contribution in [0.2, 0.25) is 0 Å². The Hall–Kier alpha value is -3.48. The molecule has 29 heavy (non-hydrogen) atoms. The van der Waals surface area contributed by atoms with Crippen molar-refractivity contribution in [1.82, 2.24) is 14.5 Å². The maximum Gasteiger partial charge on any atom is 0.410 e. The minimum atomic E-state index is -0.502. The Bertz CT molecular complexity index is 1060. The molecule has 4 rings (SSSR count). The van der Waals surface area contributed by atoms with Crippen molar-refractivity contribution in [3.8, 4) is 0 Å². The summed E-state index contributed by atoms with van der Waals surface area (Å²) in [4.78, 5) is 31.3. The number of carbonyl (C=O) groups is 1. The smallest absolute Gasteiger partial charge is 0.410 e. The molecule has 0 atom stereocenters. The third-order valence-corrected chi connectivity index (χ3v) is 4.92. The first-order valence-corrected chi connectivity index (χ1v) is 9.37. The fraction of sp³-hybridized carbons (Fsp3) is 0.227. The quantitative estimate of drug-likeness (QED) is 0.683. The highest BCUT2D eigenvalue weighted by Gasteiger charge is 2.25. The Morgan fingerprint density at radius 1 is 1.07 bits per heavy atom. The second-order valence-corrected chi connectivity index (χ2v) is 6.94. The Morgan fingerprint density at radius 2 is 1.83 bits per heavy atom. The lowest BCUT2D eigenvalue weighted by molar-refractivity contribution is 0.0913. The van der Waals surface area contributed by atoms with E-state index in [1.54, 1.807) is 23.0 Å². The minimum Gasteiger partial charge on any atom is -0.445 e. The zero-order chi connectivity index (χ0) is 20.2. The van der Waals surface area contributed by atoms with Crippen molar-refractivity contribution in [2.75, 3.05) is 6.54 Å². The molecule has 2 heterocycles. The van der Waals surface area contributed by atoms with Crippen LogP contribution in [0.4, 0.5) is 9.18 Å². The van der Waals surface area contributed by atoms with E-state index in [0.29, 0.717) is 30.6 Å². The number of ether oxygens (including phenoxy) is 1. The number of nitrogens with zero attached hydrogens (tertiary/aromatic N) is 3. The van der Waals surface area contributed by atoms with Gasteiger partial charge in [-0.1, -0.05) is 42.5 Å². The first-order valence-electron chi connectivity index (χ1n) is 9.37. The lowest BCUT2D eigenvalue weighted by Crippen LogP contribution is -2.41. The lowest BCUT2D eigenvalue weighted by Gasteiger charge is -2.27. The van der Waals surface area contributed by atoms with Gasteiger partial charge < -0.3 is 9.64 Å². The summed E-state index contributed by atoms with van der Waals surface area (Å²) < 4.78 is 19.9. The zero-order valence-electron chi connectivity index (χ0n) is 15.8. The molecule has 7 heteroatoms. The second-order valence-electron chi connectivity index (χ2n) is 6.94. The highest BCUT2D eigenvalue weighted by molar-refractivity contribution is 5.68. The van der Waals surface area contributed by atoms with Gasteiger partial charge in [-0.3, -0.25) is 9.36 Å². The van der Waals surface area contributed by atoms with E-state index >= 15 is 0 Å². The van der Waals surface area contributed by atoms with Gasteiger partial charge in [0.1, 0.15) is 12.4 Å². The predicted octanol–water partition coefficient (Wildman–Crippen LogP) is 3.13. The topological polar surface area (TPSA) is 64.4 Å². The van der Waals surface area contributed by atoms with Gasteiger partial charge in [-0.25, -0.2) is 14.2 Å². The van der Waals surface area contributed by atoms with E-state index in [0.717, 1.165) is 11.3 Å². The SMILES string of the molecule is O=C(OCc1ccc(F)cc1)N1CCc2ncn(Cc3ccccc3)c(=O)c2C1. The fourth-order valence-corrected chi connectivity index (χ4v) is 3.32. The number of amides is 1. The second kappa shape index (κ2) is 8.26. The van der Waals surface area contributed by atoms with E-state index in [2.05, 4.69) is 4.98 Å². The van der Waals surface area contributed by atoms with Crippen molar-refractivity contribution in [3.05, 3.63) is 99.5 Å². The standard InChI is InChI=1S/C22H20FN3O3/c23-18-8-6-17(7-9-18)14-29-22(28)25-11-10-20-19(13-25)21(27)26(15-24-20)12-16-4-2-1-3-5-16/h1-9,15H,10-14H2. The maximum atomic E-state index is 13.0. The molecule has 0 saturated heterocycles. The van der Waals surface area contributed by atoms with Crippen molar-refractivity contribution < 1.29 is 13.9 Å². The van der Waals surface area contributed by atoms with Gasteiger partial charge in [0.05, 0.1) is 30.7 Å². The third-order valence-electron chi connectivity index (χ3n) is 4.92. The van der Waals surface area contributed by atoms with Crippen LogP contribution in [0, 0.1) is 5.82 Å². The molecular weight excluding hydrogens is 373 g/mol. The van der Waals surface area contributed by atoms with Gasteiger partial charge in [-0.2, -0.15) is 0 Å². The molecule has 0 bridgehead atoms. The average Bonchev–Trinajstić information content (AvgIpc) is 2.76. The maximum absolute atomic E-state index is 13.0. The molecular formula is C22H20FN3O3. The summed E-state index contributed by atoms with van der Waals surface area (Å²) in [6, 6.07) is 15.4. The van der Waals surface area contributed by atoms with Crippen molar-refractivity contribution in [3.63, 3.8) is 0 Å². The number of aromatic nitrogens is 2. The summed E-state index contributed by atoms with van der Waals surface area (Å²) in [7, 11) is 0. The molecule has 3 aromatic rings. The van der Waals surface area contributed by atoms with Crippen LogP contribution in [-0.4, -0.2) is 27.1 Å². The van der Waals surface area contributed by atoms with Crippen LogP contribution in [0.3, 0.4) is 0 Å². The minimum absolute atomic E-state index is 0.0494. The number of fused-ring (bicyclic) bond motifs is 1. The van der Waals surface area contributed by atoms with E-state index in [1.807, 2.05) is 30.3 Å². The Morgan fingerprint density at radius 3 is 2.59 bits per heavy atom. The summed E-state index contributed by atoms with van der Waals surface area (Å²) in [6.07, 6.45) is 1.57. The van der Waals surface area contributed by atoms with E-state index in [1.165, 1.54) is 17.0 Å². The van der Waals surface area contributed by atoms with Crippen LogP contribution in [-0.2, 0) is 30.9 Å². The third kappa shape index (κ3) is 4.34. The summed E-state index contributed by atoms with van der Waals surface area (Å²) in [5.41, 5.74) is 2.80. The monoisotopic (exact) mass is 393 g/mol. The van der Waals surface area contributed by atoms with Crippen LogP contribution in [0.25, 0.3) is 0 Å². The van der Waals surface area contributed by atoms with Crippen molar-refractivity contribution in [1.29, 1.82) is 0 Å². The molecule has 1 amide bonds. The van der Waals surface area contributed by atoms with Crippen molar-refractivity contribution >= 4 is 6.09 Å². The lowest BCUT2D eigenvalue weighted by atomic mass is 10.1. The summed E-state index contributed by atoms with van der Waals surface area (Å²) in [5.74, 6) is -0.341. The Balaban J connectivity index is 1.45. The molecule has 2 aromatic carbocycles. The first kappa shape index (κ1) is 18.9. The van der Waals surface area contributed by atoms with Crippen LogP contribution >= 0.6 is 0 Å². The highest BCUT2D eigenvalue weighted by atomic mass is 19.1. The van der Waals surface area contributed by atoms with Gasteiger partial charge in [0.2, 0.25) is 0 Å². The van der Waals surface area contributed by atoms with E-state index in [-0.39, 0.29) is 24.5 Å². The van der Waals surface area contributed by atoms with E-state index in [4.69, 9.17) is 4.74 Å². The number of hydrogen-bond acceptors (Lipinski definition) is 4. The van der Waals surface area contributed by atoms with Gasteiger partial charge in [0.25, 0.3) is 5.56 Å². The molecule has 1 aliphatic heterocycles. The van der Waals surface area contributed by atoms with Gasteiger partial charge in [0.15, 0.2) is 0 Å². The van der Waals surface area contributed by atoms with Crippen LogP contribution in [0.5, 0.6) is 0 Å². The molecule has 1 aromatic heterocycles. The number of benzene rings is 2. The largest absolute Gasteiger partial charge is 0.445 e. The Labute approximate surface area is 167 Å². The zero-order valence-corrected chi connectivity index (χ0v) is 15.8.